The summed E-state index contributed by atoms with van der Waals surface area (Å²) < 4.78 is 0. The summed E-state index contributed by atoms with van der Waals surface area (Å²) in [4.78, 5) is 11.7. The quantitative estimate of drug-likeness (QED) is 0.794. The molecule has 0 unspecified atom stereocenters. The van der Waals surface area contributed by atoms with Gasteiger partial charge in [0.1, 0.15) is 0 Å². The van der Waals surface area contributed by atoms with Crippen LogP contribution in [0, 0.1) is 11.8 Å². The molecular weight excluding hydrogens is 214 g/mol. The monoisotopic (exact) mass is 241 g/mol. The third-order valence-electron chi connectivity index (χ3n) is 3.67. The van der Waals surface area contributed by atoms with Crippen LogP contribution in [0.4, 0.5) is 0 Å². The summed E-state index contributed by atoms with van der Waals surface area (Å²) in [7, 11) is 0. The lowest BCUT2D eigenvalue weighted by Crippen LogP contribution is -2.41. The highest BCUT2D eigenvalue weighted by molar-refractivity contribution is 5.77. The van der Waals surface area contributed by atoms with Crippen LogP contribution >= 0.6 is 0 Å². The van der Waals surface area contributed by atoms with Crippen LogP contribution in [0.1, 0.15) is 59.8 Å². The third-order valence-corrected chi connectivity index (χ3v) is 3.67. The fraction of sp³-hybridized carbons (Fsp3) is 0.929. The van der Waals surface area contributed by atoms with Gasteiger partial charge >= 0.3 is 0 Å². The first kappa shape index (κ1) is 14.5. The van der Waals surface area contributed by atoms with Gasteiger partial charge in [0, 0.05) is 6.04 Å². The summed E-state index contributed by atoms with van der Waals surface area (Å²) >= 11 is 0. The molecule has 3 nitrogen and oxygen atoms in total. The molecule has 0 spiro atoms. The Morgan fingerprint density at radius 2 is 1.82 bits per heavy atom. The molecule has 1 fully saturated rings. The minimum atomic E-state index is -0.904. The minimum Gasteiger partial charge on any atom is -0.390 e. The number of carbonyl (C=O) groups is 1. The molecule has 0 aromatic rings. The Bertz CT molecular complexity index is 247. The van der Waals surface area contributed by atoms with Crippen molar-refractivity contribution in [3.63, 3.8) is 0 Å². The van der Waals surface area contributed by atoms with E-state index < -0.39 is 5.60 Å². The molecule has 0 aliphatic heterocycles. The molecule has 100 valence electrons. The zero-order valence-electron chi connectivity index (χ0n) is 11.6. The van der Waals surface area contributed by atoms with Gasteiger partial charge in [-0.1, -0.05) is 13.8 Å². The van der Waals surface area contributed by atoms with Crippen molar-refractivity contribution in [3.05, 3.63) is 0 Å². The second-order valence-corrected chi connectivity index (χ2v) is 6.41. The Hall–Kier alpha value is -0.570. The van der Waals surface area contributed by atoms with Crippen molar-refractivity contribution >= 4 is 5.91 Å². The Labute approximate surface area is 105 Å². The molecular formula is C14H27NO2. The van der Waals surface area contributed by atoms with Gasteiger partial charge in [-0.2, -0.15) is 0 Å². The van der Waals surface area contributed by atoms with E-state index in [9.17, 15) is 9.90 Å². The molecule has 1 aliphatic rings. The average molecular weight is 241 g/mol. The molecule has 0 heterocycles. The van der Waals surface area contributed by atoms with Crippen molar-refractivity contribution in [3.8, 4) is 0 Å². The van der Waals surface area contributed by atoms with Crippen LogP contribution in [0.25, 0.3) is 0 Å². The molecule has 0 aromatic carbocycles. The van der Waals surface area contributed by atoms with E-state index in [1.807, 2.05) is 0 Å². The van der Waals surface area contributed by atoms with E-state index >= 15 is 0 Å². The number of hydrogen-bond donors (Lipinski definition) is 2. The third kappa shape index (κ3) is 5.53. The highest BCUT2D eigenvalue weighted by Crippen LogP contribution is 2.29. The van der Waals surface area contributed by atoms with E-state index in [0.29, 0.717) is 6.04 Å². The molecule has 0 radical (unpaired) electrons. The molecule has 1 amide bonds. The first-order valence-corrected chi connectivity index (χ1v) is 6.79. The molecule has 0 atom stereocenters. The minimum absolute atomic E-state index is 0.0227. The topological polar surface area (TPSA) is 49.3 Å². The van der Waals surface area contributed by atoms with Crippen LogP contribution in [0.3, 0.4) is 0 Å². The van der Waals surface area contributed by atoms with Crippen LogP contribution < -0.4 is 5.32 Å². The lowest BCUT2D eigenvalue weighted by molar-refractivity contribution is -0.125. The summed E-state index contributed by atoms with van der Waals surface area (Å²) in [6, 6.07) is 0.319. The molecule has 0 saturated heterocycles. The Balaban J connectivity index is 2.29. The van der Waals surface area contributed by atoms with Crippen LogP contribution in [0.15, 0.2) is 0 Å². The fourth-order valence-electron chi connectivity index (χ4n) is 2.60. The first-order chi connectivity index (χ1) is 7.78. The number of nitrogens with one attached hydrogen (secondary N) is 1. The second kappa shape index (κ2) is 5.85. The highest BCUT2D eigenvalue weighted by atomic mass is 16.3. The van der Waals surface area contributed by atoms with Crippen molar-refractivity contribution in [2.75, 3.05) is 0 Å². The Morgan fingerprint density at radius 3 is 2.24 bits per heavy atom. The Morgan fingerprint density at radius 1 is 1.29 bits per heavy atom. The van der Waals surface area contributed by atoms with Gasteiger partial charge in [-0.15, -0.1) is 0 Å². The van der Waals surface area contributed by atoms with E-state index in [2.05, 4.69) is 19.2 Å². The van der Waals surface area contributed by atoms with Gasteiger partial charge in [-0.05, 0) is 51.4 Å². The number of hydrogen-bond acceptors (Lipinski definition) is 2. The van der Waals surface area contributed by atoms with Crippen molar-refractivity contribution in [2.24, 2.45) is 11.8 Å². The standard InChI is InChI=1S/C14H27NO2/c1-10(2)11-5-7-12(8-6-11)15-13(16)9-14(3,4)17/h10-12,17H,5-9H2,1-4H3,(H,15,16). The van der Waals surface area contributed by atoms with Gasteiger partial charge in [0.05, 0.1) is 12.0 Å². The smallest absolute Gasteiger partial charge is 0.223 e. The maximum absolute atomic E-state index is 11.7. The van der Waals surface area contributed by atoms with Gasteiger partial charge in [0.15, 0.2) is 0 Å². The van der Waals surface area contributed by atoms with Crippen molar-refractivity contribution in [1.82, 2.24) is 5.32 Å². The van der Waals surface area contributed by atoms with Crippen LogP contribution in [0.2, 0.25) is 0 Å². The van der Waals surface area contributed by atoms with Gasteiger partial charge in [0.2, 0.25) is 5.91 Å². The van der Waals surface area contributed by atoms with Gasteiger partial charge < -0.3 is 10.4 Å². The van der Waals surface area contributed by atoms with E-state index in [4.69, 9.17) is 0 Å². The molecule has 0 bridgehead atoms. The van der Waals surface area contributed by atoms with Crippen LogP contribution in [-0.2, 0) is 4.79 Å². The van der Waals surface area contributed by atoms with Crippen molar-refractivity contribution in [2.45, 2.75) is 71.4 Å². The molecule has 1 saturated carbocycles. The second-order valence-electron chi connectivity index (χ2n) is 6.41. The van der Waals surface area contributed by atoms with Crippen molar-refractivity contribution in [1.29, 1.82) is 0 Å². The number of aliphatic hydroxyl groups is 1. The van der Waals surface area contributed by atoms with Gasteiger partial charge in [-0.25, -0.2) is 0 Å². The summed E-state index contributed by atoms with van der Waals surface area (Å²) in [6.45, 7) is 7.89. The summed E-state index contributed by atoms with van der Waals surface area (Å²) in [5, 5.41) is 12.6. The van der Waals surface area contributed by atoms with E-state index in [1.54, 1.807) is 13.8 Å². The molecule has 1 rings (SSSR count). The number of carbonyl (C=O) groups excluding carboxylic acids is 1. The maximum Gasteiger partial charge on any atom is 0.223 e. The van der Waals surface area contributed by atoms with Crippen LogP contribution in [-0.4, -0.2) is 22.7 Å². The molecule has 2 N–H and O–H groups in total. The van der Waals surface area contributed by atoms with E-state index in [0.717, 1.165) is 24.7 Å². The normalized spacial score (nSPS) is 26.0. The number of rotatable bonds is 4. The summed E-state index contributed by atoms with van der Waals surface area (Å²) in [5.41, 5.74) is -0.904. The maximum atomic E-state index is 11.7. The average Bonchev–Trinajstić information content (AvgIpc) is 2.15. The summed E-state index contributed by atoms with van der Waals surface area (Å²) in [5.74, 6) is 1.55. The predicted molar refractivity (Wildman–Crippen MR) is 69.6 cm³/mol. The van der Waals surface area contributed by atoms with Crippen LogP contribution in [0.5, 0.6) is 0 Å². The highest BCUT2D eigenvalue weighted by Gasteiger charge is 2.25. The van der Waals surface area contributed by atoms with Gasteiger partial charge in [-0.3, -0.25) is 4.79 Å². The lowest BCUT2D eigenvalue weighted by Gasteiger charge is -2.31. The zero-order chi connectivity index (χ0) is 13.1. The SMILES string of the molecule is CC(C)C1CCC(NC(=O)CC(C)(C)O)CC1. The van der Waals surface area contributed by atoms with E-state index in [-0.39, 0.29) is 12.3 Å². The predicted octanol–water partition coefficient (Wildman–Crippen LogP) is 2.48. The zero-order valence-corrected chi connectivity index (χ0v) is 11.6. The molecule has 17 heavy (non-hydrogen) atoms. The van der Waals surface area contributed by atoms with Crippen molar-refractivity contribution < 1.29 is 9.90 Å². The largest absolute Gasteiger partial charge is 0.390 e. The number of amides is 1. The Kier molecular flexibility index (Phi) is 4.99. The van der Waals surface area contributed by atoms with Gasteiger partial charge in [0.25, 0.3) is 0 Å². The molecule has 3 heteroatoms. The van der Waals surface area contributed by atoms with E-state index in [1.165, 1.54) is 12.8 Å². The summed E-state index contributed by atoms with van der Waals surface area (Å²) in [6.07, 6.45) is 4.79. The molecule has 1 aliphatic carbocycles. The lowest BCUT2D eigenvalue weighted by atomic mass is 9.79. The first-order valence-electron chi connectivity index (χ1n) is 6.79. The molecule has 0 aromatic heterocycles. The fourth-order valence-corrected chi connectivity index (χ4v) is 2.60.